The van der Waals surface area contributed by atoms with Gasteiger partial charge in [0.1, 0.15) is 5.02 Å². The third-order valence-corrected chi connectivity index (χ3v) is 2.71. The topological polar surface area (TPSA) is 73.6 Å². The number of halogens is 1. The van der Waals surface area contributed by atoms with Crippen molar-refractivity contribution in [2.45, 2.75) is 6.54 Å². The average Bonchev–Trinajstić information content (AvgIpc) is 2.39. The van der Waals surface area contributed by atoms with Crippen molar-refractivity contribution in [3.05, 3.63) is 38.9 Å². The highest BCUT2D eigenvalue weighted by Gasteiger charge is 2.12. The molecule has 0 heterocycles. The standard InChI is InChI=1S/C12H17ClN2O4/c1-18-6-7-19-5-4-14-9-10-2-3-11(13)12(8-10)15(16)17/h2-3,8,14H,4-7,9H2,1H3. The molecule has 0 spiro atoms. The maximum Gasteiger partial charge on any atom is 0.288 e. The minimum absolute atomic E-state index is 0.0719. The summed E-state index contributed by atoms with van der Waals surface area (Å²) in [6.45, 7) is 2.90. The fourth-order valence-corrected chi connectivity index (χ4v) is 1.62. The van der Waals surface area contributed by atoms with Crippen LogP contribution in [0.15, 0.2) is 18.2 Å². The number of nitro groups is 1. The number of methoxy groups -OCH3 is 1. The van der Waals surface area contributed by atoms with Gasteiger partial charge in [-0.15, -0.1) is 0 Å². The molecule has 0 amide bonds. The largest absolute Gasteiger partial charge is 0.382 e. The highest BCUT2D eigenvalue weighted by atomic mass is 35.5. The lowest BCUT2D eigenvalue weighted by Crippen LogP contribution is -2.20. The van der Waals surface area contributed by atoms with E-state index in [2.05, 4.69) is 5.32 Å². The van der Waals surface area contributed by atoms with E-state index < -0.39 is 4.92 Å². The Morgan fingerprint density at radius 3 is 2.84 bits per heavy atom. The number of ether oxygens (including phenoxy) is 2. The van der Waals surface area contributed by atoms with Crippen LogP contribution in [0, 0.1) is 10.1 Å². The van der Waals surface area contributed by atoms with Gasteiger partial charge in [0.2, 0.25) is 0 Å². The molecule has 0 aromatic heterocycles. The van der Waals surface area contributed by atoms with E-state index in [9.17, 15) is 10.1 Å². The van der Waals surface area contributed by atoms with Gasteiger partial charge in [-0.05, 0) is 11.6 Å². The first kappa shape index (κ1) is 15.8. The lowest BCUT2D eigenvalue weighted by molar-refractivity contribution is -0.384. The Morgan fingerprint density at radius 1 is 1.37 bits per heavy atom. The van der Waals surface area contributed by atoms with E-state index in [0.717, 1.165) is 5.56 Å². The molecule has 0 aliphatic carbocycles. The van der Waals surface area contributed by atoms with Gasteiger partial charge in [0.15, 0.2) is 0 Å². The first-order chi connectivity index (χ1) is 9.15. The lowest BCUT2D eigenvalue weighted by Gasteiger charge is -2.06. The zero-order chi connectivity index (χ0) is 14.1. The van der Waals surface area contributed by atoms with Gasteiger partial charge in [-0.3, -0.25) is 10.1 Å². The second-order valence-corrected chi connectivity index (χ2v) is 4.23. The molecule has 1 aromatic carbocycles. The van der Waals surface area contributed by atoms with Crippen molar-refractivity contribution < 1.29 is 14.4 Å². The van der Waals surface area contributed by atoms with E-state index in [0.29, 0.717) is 32.9 Å². The van der Waals surface area contributed by atoms with Crippen LogP contribution in [0.4, 0.5) is 5.69 Å². The van der Waals surface area contributed by atoms with Gasteiger partial charge >= 0.3 is 0 Å². The van der Waals surface area contributed by atoms with Gasteiger partial charge in [0, 0.05) is 26.3 Å². The zero-order valence-corrected chi connectivity index (χ0v) is 11.5. The van der Waals surface area contributed by atoms with Crippen LogP contribution in [0.2, 0.25) is 5.02 Å². The van der Waals surface area contributed by atoms with E-state index in [1.54, 1.807) is 13.2 Å². The van der Waals surface area contributed by atoms with Gasteiger partial charge in [-0.2, -0.15) is 0 Å². The molecule has 1 aromatic rings. The quantitative estimate of drug-likeness (QED) is 0.427. The van der Waals surface area contributed by atoms with E-state index in [4.69, 9.17) is 21.1 Å². The van der Waals surface area contributed by atoms with Gasteiger partial charge < -0.3 is 14.8 Å². The third-order valence-electron chi connectivity index (χ3n) is 2.39. The highest BCUT2D eigenvalue weighted by molar-refractivity contribution is 6.32. The van der Waals surface area contributed by atoms with Crippen LogP contribution >= 0.6 is 11.6 Å². The zero-order valence-electron chi connectivity index (χ0n) is 10.7. The maximum atomic E-state index is 10.7. The molecule has 7 heteroatoms. The van der Waals surface area contributed by atoms with E-state index in [1.165, 1.54) is 12.1 Å². The van der Waals surface area contributed by atoms with Crippen LogP contribution in [0.1, 0.15) is 5.56 Å². The van der Waals surface area contributed by atoms with Gasteiger partial charge in [-0.1, -0.05) is 17.7 Å². The molecule has 1 rings (SSSR count). The molecule has 0 bridgehead atoms. The molecule has 0 atom stereocenters. The van der Waals surface area contributed by atoms with Crippen LogP contribution in [0.3, 0.4) is 0 Å². The fourth-order valence-electron chi connectivity index (χ4n) is 1.43. The molecule has 1 N–H and O–H groups in total. The van der Waals surface area contributed by atoms with Crippen molar-refractivity contribution in [2.75, 3.05) is 33.5 Å². The van der Waals surface area contributed by atoms with Crippen LogP contribution in [-0.2, 0) is 16.0 Å². The molecule has 19 heavy (non-hydrogen) atoms. The summed E-state index contributed by atoms with van der Waals surface area (Å²) in [6, 6.07) is 4.76. The first-order valence-corrected chi connectivity index (χ1v) is 6.23. The number of nitrogens with zero attached hydrogens (tertiary/aromatic N) is 1. The van der Waals surface area contributed by atoms with Crippen LogP contribution in [-0.4, -0.2) is 38.4 Å². The number of benzene rings is 1. The number of nitro benzene ring substituents is 1. The summed E-state index contributed by atoms with van der Waals surface area (Å²) in [6.07, 6.45) is 0. The van der Waals surface area contributed by atoms with Crippen molar-refractivity contribution in [3.8, 4) is 0 Å². The number of nitrogens with one attached hydrogen (secondary N) is 1. The van der Waals surface area contributed by atoms with Crippen molar-refractivity contribution in [3.63, 3.8) is 0 Å². The van der Waals surface area contributed by atoms with E-state index in [1.807, 2.05) is 0 Å². The van der Waals surface area contributed by atoms with Crippen molar-refractivity contribution in [1.82, 2.24) is 5.32 Å². The molecular formula is C12H17ClN2O4. The molecule has 106 valence electrons. The molecule has 0 unspecified atom stereocenters. The highest BCUT2D eigenvalue weighted by Crippen LogP contribution is 2.24. The summed E-state index contributed by atoms with van der Waals surface area (Å²) in [7, 11) is 1.62. The van der Waals surface area contributed by atoms with Gasteiger partial charge in [0.05, 0.1) is 24.7 Å². The van der Waals surface area contributed by atoms with Crippen molar-refractivity contribution >= 4 is 17.3 Å². The van der Waals surface area contributed by atoms with Crippen molar-refractivity contribution in [2.24, 2.45) is 0 Å². The molecule has 0 fully saturated rings. The van der Waals surface area contributed by atoms with Crippen molar-refractivity contribution in [1.29, 1.82) is 0 Å². The van der Waals surface area contributed by atoms with E-state index >= 15 is 0 Å². The van der Waals surface area contributed by atoms with E-state index in [-0.39, 0.29) is 10.7 Å². The first-order valence-electron chi connectivity index (χ1n) is 5.85. The van der Waals surface area contributed by atoms with Crippen LogP contribution in [0.25, 0.3) is 0 Å². The normalized spacial score (nSPS) is 10.6. The Labute approximate surface area is 116 Å². The summed E-state index contributed by atoms with van der Waals surface area (Å²) in [5, 5.41) is 14.0. The fraction of sp³-hybridized carbons (Fsp3) is 0.500. The Bertz CT molecular complexity index is 415. The Hall–Kier alpha value is -1.21. The minimum atomic E-state index is -0.486. The smallest absolute Gasteiger partial charge is 0.288 e. The Balaban J connectivity index is 2.30. The third kappa shape index (κ3) is 5.98. The number of rotatable bonds is 9. The van der Waals surface area contributed by atoms with Crippen LogP contribution in [0.5, 0.6) is 0 Å². The van der Waals surface area contributed by atoms with Gasteiger partial charge in [0.25, 0.3) is 5.69 Å². The minimum Gasteiger partial charge on any atom is -0.382 e. The number of hydrogen-bond donors (Lipinski definition) is 1. The SMILES string of the molecule is COCCOCCNCc1ccc(Cl)c([N+](=O)[O-])c1. The average molecular weight is 289 g/mol. The predicted molar refractivity (Wildman–Crippen MR) is 72.5 cm³/mol. The summed E-state index contributed by atoms with van der Waals surface area (Å²) < 4.78 is 10.1. The molecule has 0 radical (unpaired) electrons. The predicted octanol–water partition coefficient (Wildman–Crippen LogP) is 2.00. The second kappa shape index (κ2) is 8.82. The summed E-state index contributed by atoms with van der Waals surface area (Å²) in [4.78, 5) is 10.2. The molecule has 0 aliphatic rings. The maximum absolute atomic E-state index is 10.7. The molecular weight excluding hydrogens is 272 g/mol. The Morgan fingerprint density at radius 2 is 2.16 bits per heavy atom. The summed E-state index contributed by atoms with van der Waals surface area (Å²) in [5.74, 6) is 0. The molecule has 0 aliphatic heterocycles. The number of hydrogen-bond acceptors (Lipinski definition) is 5. The molecule has 0 saturated carbocycles. The monoisotopic (exact) mass is 288 g/mol. The summed E-state index contributed by atoms with van der Waals surface area (Å²) >= 11 is 5.73. The molecule has 0 saturated heterocycles. The van der Waals surface area contributed by atoms with Gasteiger partial charge in [-0.25, -0.2) is 0 Å². The Kier molecular flexibility index (Phi) is 7.35. The second-order valence-electron chi connectivity index (χ2n) is 3.82. The molecule has 6 nitrogen and oxygen atoms in total. The van der Waals surface area contributed by atoms with Crippen LogP contribution < -0.4 is 5.32 Å². The lowest BCUT2D eigenvalue weighted by atomic mass is 10.2. The summed E-state index contributed by atoms with van der Waals surface area (Å²) in [5.41, 5.74) is 0.741.